The van der Waals surface area contributed by atoms with E-state index in [9.17, 15) is 9.59 Å². The van der Waals surface area contributed by atoms with Crippen molar-refractivity contribution in [3.05, 3.63) is 46.2 Å². The Morgan fingerprint density at radius 3 is 2.87 bits per heavy atom. The van der Waals surface area contributed by atoms with Gasteiger partial charge < -0.3 is 10.1 Å². The Balaban J connectivity index is 1.57. The number of rotatable bonds is 7. The van der Waals surface area contributed by atoms with Gasteiger partial charge in [0, 0.05) is 24.6 Å². The summed E-state index contributed by atoms with van der Waals surface area (Å²) in [6.45, 7) is 5.73. The zero-order valence-corrected chi connectivity index (χ0v) is 18.8. The Morgan fingerprint density at radius 1 is 1.37 bits per heavy atom. The molecule has 0 spiro atoms. The second kappa shape index (κ2) is 9.32. The van der Waals surface area contributed by atoms with Gasteiger partial charge in [-0.15, -0.1) is 11.3 Å². The van der Waals surface area contributed by atoms with Gasteiger partial charge in [0.2, 0.25) is 5.91 Å². The average molecular weight is 444 g/mol. The van der Waals surface area contributed by atoms with Crippen molar-refractivity contribution in [2.45, 2.75) is 44.5 Å². The quantitative estimate of drug-likeness (QED) is 0.444. The summed E-state index contributed by atoms with van der Waals surface area (Å²) in [5, 5.41) is 4.18. The third-order valence-electron chi connectivity index (χ3n) is 5.25. The second-order valence-corrected chi connectivity index (χ2v) is 9.22. The fraction of sp³-hybridized carbons (Fsp3) is 0.409. The Hall–Kier alpha value is -2.16. The summed E-state index contributed by atoms with van der Waals surface area (Å²) in [7, 11) is 0. The molecule has 0 aliphatic carbocycles. The lowest BCUT2D eigenvalue weighted by Crippen LogP contribution is -2.33. The number of nitrogens with one attached hydrogen (secondary N) is 1. The van der Waals surface area contributed by atoms with Crippen LogP contribution in [0.2, 0.25) is 0 Å². The van der Waals surface area contributed by atoms with Gasteiger partial charge in [0.15, 0.2) is 5.16 Å². The van der Waals surface area contributed by atoms with Crippen molar-refractivity contribution in [3.63, 3.8) is 0 Å². The van der Waals surface area contributed by atoms with E-state index in [0.29, 0.717) is 23.6 Å². The zero-order chi connectivity index (χ0) is 21.1. The number of thioether (sulfide) groups is 1. The molecule has 1 aliphatic rings. The van der Waals surface area contributed by atoms with Gasteiger partial charge in [-0.2, -0.15) is 0 Å². The molecule has 8 heteroatoms. The number of amides is 1. The largest absolute Gasteiger partial charge is 0.376 e. The summed E-state index contributed by atoms with van der Waals surface area (Å²) in [6, 6.07) is 10.1. The predicted molar refractivity (Wildman–Crippen MR) is 122 cm³/mol. The van der Waals surface area contributed by atoms with E-state index in [4.69, 9.17) is 9.72 Å². The molecule has 1 N–H and O–H groups in total. The van der Waals surface area contributed by atoms with Crippen LogP contribution in [-0.2, 0) is 16.1 Å². The molecular weight excluding hydrogens is 418 g/mol. The lowest BCUT2D eigenvalue weighted by molar-refractivity contribution is -0.119. The molecule has 0 saturated carbocycles. The van der Waals surface area contributed by atoms with Crippen molar-refractivity contribution < 1.29 is 9.53 Å². The number of aryl methyl sites for hydroxylation is 1. The zero-order valence-electron chi connectivity index (χ0n) is 17.1. The predicted octanol–water partition coefficient (Wildman–Crippen LogP) is 3.84. The van der Waals surface area contributed by atoms with Gasteiger partial charge in [-0.05, 0) is 37.8 Å². The summed E-state index contributed by atoms with van der Waals surface area (Å²) in [5.41, 5.74) is 2.01. The maximum atomic E-state index is 13.2. The fourth-order valence-corrected chi connectivity index (χ4v) is 5.79. The minimum atomic E-state index is -0.0696. The van der Waals surface area contributed by atoms with Crippen LogP contribution in [0.3, 0.4) is 0 Å². The first-order chi connectivity index (χ1) is 14.6. The van der Waals surface area contributed by atoms with E-state index >= 15 is 0 Å². The molecule has 1 amide bonds. The molecule has 0 unspecified atom stereocenters. The van der Waals surface area contributed by atoms with Crippen molar-refractivity contribution in [2.75, 3.05) is 18.9 Å². The van der Waals surface area contributed by atoms with Crippen LogP contribution in [0, 0.1) is 6.92 Å². The Labute approximate surface area is 183 Å². The summed E-state index contributed by atoms with van der Waals surface area (Å²) < 4.78 is 7.20. The standard InChI is InChI=1S/C22H25N3O3S2/c1-3-25-21(27)18-14(2)19(15-8-5-4-6-9-15)30-20(18)24-22(25)29-13-17(26)23-12-16-10-7-11-28-16/h4-6,8-9,16H,3,7,10-13H2,1-2H3,(H,23,26)/t16-/m1/s1. The molecule has 30 heavy (non-hydrogen) atoms. The fourth-order valence-electron chi connectivity index (χ4n) is 3.67. The van der Waals surface area contributed by atoms with Crippen LogP contribution in [0.4, 0.5) is 0 Å². The first-order valence-corrected chi connectivity index (χ1v) is 12.0. The van der Waals surface area contributed by atoms with Gasteiger partial charge in [-0.25, -0.2) is 4.98 Å². The molecule has 2 aromatic heterocycles. The molecule has 1 saturated heterocycles. The summed E-state index contributed by atoms with van der Waals surface area (Å²) in [4.78, 5) is 32.0. The van der Waals surface area contributed by atoms with Crippen LogP contribution >= 0.6 is 23.1 Å². The third-order valence-corrected chi connectivity index (χ3v) is 7.46. The normalized spacial score (nSPS) is 16.3. The highest BCUT2D eigenvalue weighted by molar-refractivity contribution is 7.99. The number of ether oxygens (including phenoxy) is 1. The first kappa shape index (κ1) is 21.1. The molecule has 0 radical (unpaired) electrons. The van der Waals surface area contributed by atoms with E-state index in [1.165, 1.54) is 23.1 Å². The maximum absolute atomic E-state index is 13.2. The third kappa shape index (κ3) is 4.31. The monoisotopic (exact) mass is 443 g/mol. The SMILES string of the molecule is CCn1c(SCC(=O)NC[C@H]2CCCO2)nc2sc(-c3ccccc3)c(C)c2c1=O. The number of hydrogen-bond donors (Lipinski definition) is 1. The van der Waals surface area contributed by atoms with Gasteiger partial charge in [0.1, 0.15) is 4.83 Å². The van der Waals surface area contributed by atoms with E-state index in [1.54, 1.807) is 4.57 Å². The van der Waals surface area contributed by atoms with Crippen LogP contribution in [0.5, 0.6) is 0 Å². The van der Waals surface area contributed by atoms with Crippen LogP contribution in [0.1, 0.15) is 25.3 Å². The number of hydrogen-bond acceptors (Lipinski definition) is 6. The summed E-state index contributed by atoms with van der Waals surface area (Å²) in [6.07, 6.45) is 2.16. The van der Waals surface area contributed by atoms with Crippen molar-refractivity contribution in [3.8, 4) is 10.4 Å². The van der Waals surface area contributed by atoms with Crippen molar-refractivity contribution in [1.29, 1.82) is 0 Å². The lowest BCUT2D eigenvalue weighted by atomic mass is 10.1. The van der Waals surface area contributed by atoms with Gasteiger partial charge in [0.05, 0.1) is 17.2 Å². The molecule has 3 aromatic rings. The molecule has 1 fully saturated rings. The number of aromatic nitrogens is 2. The molecule has 1 atom stereocenters. The first-order valence-electron chi connectivity index (χ1n) is 10.2. The van der Waals surface area contributed by atoms with Crippen molar-refractivity contribution >= 4 is 39.2 Å². The number of carbonyl (C=O) groups is 1. The van der Waals surface area contributed by atoms with E-state index in [-0.39, 0.29) is 23.3 Å². The van der Waals surface area contributed by atoms with Gasteiger partial charge in [-0.1, -0.05) is 42.1 Å². The highest BCUT2D eigenvalue weighted by Gasteiger charge is 2.20. The molecule has 1 aliphatic heterocycles. The molecule has 3 heterocycles. The summed E-state index contributed by atoms with van der Waals surface area (Å²) in [5.74, 6) is 0.153. The van der Waals surface area contributed by atoms with Gasteiger partial charge >= 0.3 is 0 Å². The number of carbonyl (C=O) groups excluding carboxylic acids is 1. The minimum absolute atomic E-state index is 0.0410. The number of nitrogens with zero attached hydrogens (tertiary/aromatic N) is 2. The Morgan fingerprint density at radius 2 is 2.17 bits per heavy atom. The lowest BCUT2D eigenvalue weighted by Gasteiger charge is -2.12. The Kier molecular flexibility index (Phi) is 6.55. The van der Waals surface area contributed by atoms with Gasteiger partial charge in [-0.3, -0.25) is 14.2 Å². The average Bonchev–Trinajstić information content (AvgIpc) is 3.39. The van der Waals surface area contributed by atoms with Crippen LogP contribution in [0.15, 0.2) is 40.3 Å². The van der Waals surface area contributed by atoms with Crippen LogP contribution in [0.25, 0.3) is 20.7 Å². The van der Waals surface area contributed by atoms with Crippen LogP contribution in [-0.4, -0.2) is 40.5 Å². The highest BCUT2D eigenvalue weighted by atomic mass is 32.2. The van der Waals surface area contributed by atoms with E-state index < -0.39 is 0 Å². The molecule has 0 bridgehead atoms. The molecule has 4 rings (SSSR count). The maximum Gasteiger partial charge on any atom is 0.263 e. The van der Waals surface area contributed by atoms with E-state index in [2.05, 4.69) is 5.32 Å². The van der Waals surface area contributed by atoms with Crippen LogP contribution < -0.4 is 10.9 Å². The highest BCUT2D eigenvalue weighted by Crippen LogP contribution is 2.36. The molecule has 158 valence electrons. The second-order valence-electron chi connectivity index (χ2n) is 7.27. The molecule has 6 nitrogen and oxygen atoms in total. The Bertz CT molecular complexity index is 1100. The van der Waals surface area contributed by atoms with Crippen molar-refractivity contribution in [1.82, 2.24) is 14.9 Å². The van der Waals surface area contributed by atoms with E-state index in [1.807, 2.05) is 44.2 Å². The summed E-state index contributed by atoms with van der Waals surface area (Å²) >= 11 is 2.84. The van der Waals surface area contributed by atoms with Gasteiger partial charge in [0.25, 0.3) is 5.56 Å². The topological polar surface area (TPSA) is 73.2 Å². The van der Waals surface area contributed by atoms with E-state index in [0.717, 1.165) is 40.3 Å². The smallest absolute Gasteiger partial charge is 0.263 e. The van der Waals surface area contributed by atoms with Crippen molar-refractivity contribution in [2.24, 2.45) is 0 Å². The number of benzene rings is 1. The number of fused-ring (bicyclic) bond motifs is 1. The molecular formula is C22H25N3O3S2. The number of thiophene rings is 1. The molecule has 1 aromatic carbocycles. The minimum Gasteiger partial charge on any atom is -0.376 e.